The van der Waals surface area contributed by atoms with Crippen LogP contribution in [0.2, 0.25) is 5.02 Å². The van der Waals surface area contributed by atoms with Gasteiger partial charge in [-0.1, -0.05) is 23.7 Å². The first-order valence-electron chi connectivity index (χ1n) is 8.00. The summed E-state index contributed by atoms with van der Waals surface area (Å²) in [4.78, 5) is 35.6. The molecule has 0 atom stereocenters. The van der Waals surface area contributed by atoms with Gasteiger partial charge in [-0.25, -0.2) is 4.79 Å². The fraction of sp³-hybridized carbons (Fsp3) is 0.211. The SMILES string of the molecule is COC(=O)c1ccc(Cl)c(NC(=O)CNC(=O)Cc2ccc(OC)cc2)c1. The van der Waals surface area contributed by atoms with E-state index < -0.39 is 11.9 Å². The van der Waals surface area contributed by atoms with E-state index in [0.29, 0.717) is 5.75 Å². The number of carbonyl (C=O) groups excluding carboxylic acids is 3. The Bertz CT molecular complexity index is 836. The van der Waals surface area contributed by atoms with Gasteiger partial charge in [-0.2, -0.15) is 0 Å². The number of benzene rings is 2. The summed E-state index contributed by atoms with van der Waals surface area (Å²) in [6, 6.07) is 11.4. The fourth-order valence-corrected chi connectivity index (χ4v) is 2.40. The van der Waals surface area contributed by atoms with Gasteiger partial charge in [0.1, 0.15) is 5.75 Å². The van der Waals surface area contributed by atoms with E-state index in [2.05, 4.69) is 15.4 Å². The Kier molecular flexibility index (Phi) is 7.19. The summed E-state index contributed by atoms with van der Waals surface area (Å²) < 4.78 is 9.68. The zero-order chi connectivity index (χ0) is 19.8. The molecule has 8 heteroatoms. The third kappa shape index (κ3) is 6.00. The van der Waals surface area contributed by atoms with Crippen molar-refractivity contribution in [2.45, 2.75) is 6.42 Å². The summed E-state index contributed by atoms with van der Waals surface area (Å²) in [7, 11) is 2.82. The Balaban J connectivity index is 1.88. The van der Waals surface area contributed by atoms with E-state index in [0.717, 1.165) is 5.56 Å². The van der Waals surface area contributed by atoms with Gasteiger partial charge in [0.05, 0.1) is 43.5 Å². The van der Waals surface area contributed by atoms with E-state index in [1.807, 2.05) is 0 Å². The highest BCUT2D eigenvalue weighted by molar-refractivity contribution is 6.33. The summed E-state index contributed by atoms with van der Waals surface area (Å²) in [6.07, 6.45) is 0.135. The van der Waals surface area contributed by atoms with Gasteiger partial charge in [-0.05, 0) is 35.9 Å². The first-order valence-corrected chi connectivity index (χ1v) is 8.38. The molecule has 2 aromatic carbocycles. The molecule has 142 valence electrons. The first kappa shape index (κ1) is 20.3. The Morgan fingerprint density at radius 3 is 2.33 bits per heavy atom. The summed E-state index contributed by atoms with van der Waals surface area (Å²) >= 11 is 6.02. The molecule has 0 aliphatic carbocycles. The number of hydrogen-bond donors (Lipinski definition) is 2. The molecule has 2 rings (SSSR count). The average molecular weight is 391 g/mol. The van der Waals surface area contributed by atoms with Gasteiger partial charge in [0.2, 0.25) is 11.8 Å². The van der Waals surface area contributed by atoms with Crippen molar-refractivity contribution in [2.24, 2.45) is 0 Å². The first-order chi connectivity index (χ1) is 12.9. The highest BCUT2D eigenvalue weighted by atomic mass is 35.5. The van der Waals surface area contributed by atoms with Crippen LogP contribution in [0.1, 0.15) is 15.9 Å². The van der Waals surface area contributed by atoms with Gasteiger partial charge in [-0.15, -0.1) is 0 Å². The molecule has 27 heavy (non-hydrogen) atoms. The molecule has 0 fully saturated rings. The van der Waals surface area contributed by atoms with E-state index in [4.69, 9.17) is 16.3 Å². The molecule has 2 N–H and O–H groups in total. The molecule has 0 saturated heterocycles. The number of nitrogens with one attached hydrogen (secondary N) is 2. The van der Waals surface area contributed by atoms with Gasteiger partial charge in [0, 0.05) is 0 Å². The highest BCUT2D eigenvalue weighted by Gasteiger charge is 2.12. The molecule has 0 aliphatic rings. The average Bonchev–Trinajstić information content (AvgIpc) is 2.68. The van der Waals surface area contributed by atoms with Crippen LogP contribution in [0.25, 0.3) is 0 Å². The van der Waals surface area contributed by atoms with E-state index in [9.17, 15) is 14.4 Å². The van der Waals surface area contributed by atoms with E-state index in [1.54, 1.807) is 31.4 Å². The number of methoxy groups -OCH3 is 2. The molecule has 0 aromatic heterocycles. The molecule has 0 heterocycles. The zero-order valence-electron chi connectivity index (χ0n) is 14.9. The van der Waals surface area contributed by atoms with Crippen molar-refractivity contribution in [1.82, 2.24) is 5.32 Å². The number of anilines is 1. The number of carbonyl (C=O) groups is 3. The van der Waals surface area contributed by atoms with Gasteiger partial charge < -0.3 is 20.1 Å². The van der Waals surface area contributed by atoms with Crippen molar-refractivity contribution in [2.75, 3.05) is 26.1 Å². The van der Waals surface area contributed by atoms with Crippen molar-refractivity contribution >= 4 is 35.1 Å². The van der Waals surface area contributed by atoms with Crippen LogP contribution in [0.15, 0.2) is 42.5 Å². The zero-order valence-corrected chi connectivity index (χ0v) is 15.6. The van der Waals surface area contributed by atoms with Crippen LogP contribution < -0.4 is 15.4 Å². The molecule has 0 radical (unpaired) electrons. The second-order valence-corrected chi connectivity index (χ2v) is 5.94. The smallest absolute Gasteiger partial charge is 0.337 e. The van der Waals surface area contributed by atoms with Crippen LogP contribution in [0.4, 0.5) is 5.69 Å². The second-order valence-electron chi connectivity index (χ2n) is 5.54. The van der Waals surface area contributed by atoms with Crippen LogP contribution in [-0.2, 0) is 20.7 Å². The maximum absolute atomic E-state index is 12.0. The van der Waals surface area contributed by atoms with Gasteiger partial charge in [-0.3, -0.25) is 9.59 Å². The molecule has 2 aromatic rings. The number of ether oxygens (including phenoxy) is 2. The van der Waals surface area contributed by atoms with Crippen molar-refractivity contribution in [1.29, 1.82) is 0 Å². The standard InChI is InChI=1S/C19H19ClN2O5/c1-26-14-6-3-12(4-7-14)9-17(23)21-11-18(24)22-16-10-13(19(25)27-2)5-8-15(16)20/h3-8,10H,9,11H2,1-2H3,(H,21,23)(H,22,24). The maximum Gasteiger partial charge on any atom is 0.337 e. The predicted octanol–water partition coefficient (Wildman–Crippen LogP) is 2.43. The molecule has 0 bridgehead atoms. The second kappa shape index (κ2) is 9.59. The number of halogens is 1. The number of esters is 1. The number of hydrogen-bond acceptors (Lipinski definition) is 5. The van der Waals surface area contributed by atoms with Crippen molar-refractivity contribution in [3.05, 3.63) is 58.6 Å². The number of rotatable bonds is 7. The summed E-state index contributed by atoms with van der Waals surface area (Å²) in [6.45, 7) is -0.228. The van der Waals surface area contributed by atoms with Crippen molar-refractivity contribution < 1.29 is 23.9 Å². The van der Waals surface area contributed by atoms with Crippen LogP contribution in [-0.4, -0.2) is 38.5 Å². The Labute approximate surface area is 161 Å². The molecule has 7 nitrogen and oxygen atoms in total. The summed E-state index contributed by atoms with van der Waals surface area (Å²) in [5.41, 5.74) is 1.30. The molecule has 2 amide bonds. The molecule has 0 spiro atoms. The summed E-state index contributed by atoms with van der Waals surface area (Å²) in [5, 5.41) is 5.35. The largest absolute Gasteiger partial charge is 0.497 e. The monoisotopic (exact) mass is 390 g/mol. The maximum atomic E-state index is 12.0. The van der Waals surface area contributed by atoms with E-state index in [-0.39, 0.29) is 35.1 Å². The normalized spacial score (nSPS) is 10.0. The molecule has 0 saturated carbocycles. The molecular weight excluding hydrogens is 372 g/mol. The van der Waals surface area contributed by atoms with Gasteiger partial charge in [0.25, 0.3) is 0 Å². The van der Waals surface area contributed by atoms with Crippen LogP contribution in [0, 0.1) is 0 Å². The topological polar surface area (TPSA) is 93.7 Å². The Morgan fingerprint density at radius 2 is 1.70 bits per heavy atom. The van der Waals surface area contributed by atoms with Gasteiger partial charge in [0.15, 0.2) is 0 Å². The quantitative estimate of drug-likeness (QED) is 0.708. The summed E-state index contributed by atoms with van der Waals surface area (Å²) in [5.74, 6) is -0.619. The van der Waals surface area contributed by atoms with Gasteiger partial charge >= 0.3 is 5.97 Å². The minimum absolute atomic E-state index is 0.135. The molecular formula is C19H19ClN2O5. The molecule has 0 unspecified atom stereocenters. The van der Waals surface area contributed by atoms with E-state index in [1.165, 1.54) is 25.3 Å². The minimum atomic E-state index is -0.546. The minimum Gasteiger partial charge on any atom is -0.497 e. The van der Waals surface area contributed by atoms with Crippen LogP contribution in [0.5, 0.6) is 5.75 Å². The van der Waals surface area contributed by atoms with Crippen molar-refractivity contribution in [3.63, 3.8) is 0 Å². The number of amides is 2. The lowest BCUT2D eigenvalue weighted by molar-refractivity contribution is -0.123. The van der Waals surface area contributed by atoms with Crippen LogP contribution >= 0.6 is 11.6 Å². The lowest BCUT2D eigenvalue weighted by Crippen LogP contribution is -2.33. The highest BCUT2D eigenvalue weighted by Crippen LogP contribution is 2.23. The lowest BCUT2D eigenvalue weighted by atomic mass is 10.1. The fourth-order valence-electron chi connectivity index (χ4n) is 2.23. The predicted molar refractivity (Wildman–Crippen MR) is 101 cm³/mol. The van der Waals surface area contributed by atoms with Crippen LogP contribution in [0.3, 0.4) is 0 Å². The lowest BCUT2D eigenvalue weighted by Gasteiger charge is -2.10. The van der Waals surface area contributed by atoms with Crippen molar-refractivity contribution in [3.8, 4) is 5.75 Å². The Hall–Kier alpha value is -3.06. The molecule has 0 aliphatic heterocycles. The third-order valence-corrected chi connectivity index (χ3v) is 3.96. The van der Waals surface area contributed by atoms with E-state index >= 15 is 0 Å². The Morgan fingerprint density at radius 1 is 1.00 bits per heavy atom. The third-order valence-electron chi connectivity index (χ3n) is 3.63.